The lowest BCUT2D eigenvalue weighted by atomic mass is 9.86. The molecule has 0 aliphatic carbocycles. The summed E-state index contributed by atoms with van der Waals surface area (Å²) in [5, 5.41) is 8.05. The van der Waals surface area contributed by atoms with Gasteiger partial charge in [-0.3, -0.25) is 4.57 Å². The van der Waals surface area contributed by atoms with Crippen molar-refractivity contribution in [3.8, 4) is 17.3 Å². The van der Waals surface area contributed by atoms with E-state index in [2.05, 4.69) is 141 Å². The van der Waals surface area contributed by atoms with Crippen molar-refractivity contribution >= 4 is 76.5 Å². The summed E-state index contributed by atoms with van der Waals surface area (Å²) in [6.07, 6.45) is -0.184. The molecule has 0 radical (unpaired) electrons. The fourth-order valence-electron chi connectivity index (χ4n) is 9.66. The zero-order chi connectivity index (χ0) is 49.3. The zero-order valence-corrected chi connectivity index (χ0v) is 37.6. The number of ether oxygens (including phenoxy) is 1. The van der Waals surface area contributed by atoms with Crippen molar-refractivity contribution in [1.29, 1.82) is 0 Å². The smallest absolute Gasteiger partial charge is 0.137 e. The Balaban J connectivity index is 1.12. The number of rotatable bonds is 5. The van der Waals surface area contributed by atoms with Crippen molar-refractivity contribution in [3.05, 3.63) is 180 Å². The molecule has 1 aliphatic rings. The van der Waals surface area contributed by atoms with Gasteiger partial charge in [0.1, 0.15) is 24.0 Å². The SMILES string of the molecule is [2H]c1c([2H])c([2H])c2c(c1[2H])c1ccc(Oc3cc(N4Cn5c6c(C)cccc6c6cc(C)ccc6c6ccccc6c6cccc4c65)cc(C(C)(C)C)c3)cc1n2-c1cc(C([2H])([2H])C(C)(C)C)ccn1. The van der Waals surface area contributed by atoms with E-state index in [9.17, 15) is 0 Å². The predicted molar refractivity (Wildman–Crippen MR) is 271 cm³/mol. The van der Waals surface area contributed by atoms with Crippen LogP contribution in [0, 0.1) is 19.3 Å². The maximum Gasteiger partial charge on any atom is 0.137 e. The highest BCUT2D eigenvalue weighted by atomic mass is 16.5. The molecular formula is C59H54N4O. The Kier molecular flexibility index (Phi) is 7.70. The van der Waals surface area contributed by atoms with E-state index in [1.54, 1.807) is 22.9 Å². The van der Waals surface area contributed by atoms with Crippen LogP contribution in [-0.4, -0.2) is 14.1 Å². The van der Waals surface area contributed by atoms with Crippen LogP contribution in [0.15, 0.2) is 158 Å². The molecular weight excluding hydrogens is 781 g/mol. The summed E-state index contributed by atoms with van der Waals surface area (Å²) >= 11 is 0. The minimum Gasteiger partial charge on any atom is -0.457 e. The molecule has 11 rings (SSSR count). The van der Waals surface area contributed by atoms with Gasteiger partial charge in [0.15, 0.2) is 0 Å². The van der Waals surface area contributed by atoms with Gasteiger partial charge in [0.25, 0.3) is 0 Å². The van der Waals surface area contributed by atoms with Gasteiger partial charge < -0.3 is 14.2 Å². The lowest BCUT2D eigenvalue weighted by molar-refractivity contribution is 0.411. The second-order valence-electron chi connectivity index (χ2n) is 19.3. The molecule has 316 valence electrons. The van der Waals surface area contributed by atoms with E-state index in [4.69, 9.17) is 17.9 Å². The normalized spacial score (nSPS) is 14.5. The molecule has 7 aromatic carbocycles. The first kappa shape index (κ1) is 33.4. The second-order valence-corrected chi connectivity index (χ2v) is 19.3. The molecule has 0 bridgehead atoms. The number of para-hydroxylation sites is 3. The first-order chi connectivity index (χ1) is 33.2. The van der Waals surface area contributed by atoms with Crippen LogP contribution in [0.5, 0.6) is 11.5 Å². The Hall–Kier alpha value is -7.11. The molecule has 0 amide bonds. The lowest BCUT2D eigenvalue weighted by Gasteiger charge is -2.26. The van der Waals surface area contributed by atoms with E-state index in [0.29, 0.717) is 45.8 Å². The largest absolute Gasteiger partial charge is 0.457 e. The molecule has 0 fully saturated rings. The number of hydrogen-bond donors (Lipinski definition) is 0. The van der Waals surface area contributed by atoms with E-state index in [1.807, 2.05) is 39.0 Å². The van der Waals surface area contributed by atoms with E-state index in [0.717, 1.165) is 27.8 Å². The topological polar surface area (TPSA) is 35.2 Å². The molecule has 1 aliphatic heterocycles. The van der Waals surface area contributed by atoms with Gasteiger partial charge in [-0.2, -0.15) is 0 Å². The number of aryl methyl sites for hydroxylation is 2. The van der Waals surface area contributed by atoms with Gasteiger partial charge in [0.05, 0.1) is 33.2 Å². The Morgan fingerprint density at radius 3 is 2.14 bits per heavy atom. The van der Waals surface area contributed by atoms with Crippen LogP contribution >= 0.6 is 0 Å². The summed E-state index contributed by atoms with van der Waals surface area (Å²) in [5.74, 6) is 1.45. The molecule has 5 heteroatoms. The van der Waals surface area contributed by atoms with Crippen LogP contribution in [0.2, 0.25) is 0 Å². The van der Waals surface area contributed by atoms with Crippen LogP contribution < -0.4 is 9.64 Å². The van der Waals surface area contributed by atoms with Gasteiger partial charge >= 0.3 is 0 Å². The highest BCUT2D eigenvalue weighted by molar-refractivity contribution is 6.21. The second kappa shape index (κ2) is 14.7. The van der Waals surface area contributed by atoms with E-state index < -0.39 is 11.8 Å². The average Bonchev–Trinajstić information content (AvgIpc) is 3.89. The number of nitrogens with zero attached hydrogens (tertiary/aromatic N) is 4. The summed E-state index contributed by atoms with van der Waals surface area (Å²) in [7, 11) is 0. The van der Waals surface area contributed by atoms with Gasteiger partial charge in [-0.15, -0.1) is 0 Å². The molecule has 0 unspecified atom stereocenters. The molecule has 0 atom stereocenters. The van der Waals surface area contributed by atoms with Crippen LogP contribution in [0.3, 0.4) is 0 Å². The van der Waals surface area contributed by atoms with Crippen LogP contribution in [0.1, 0.15) is 72.0 Å². The number of fused-ring (bicyclic) bond motifs is 10. The minimum atomic E-state index is -1.74. The molecule has 10 aromatic rings. The predicted octanol–water partition coefficient (Wildman–Crippen LogP) is 16.1. The van der Waals surface area contributed by atoms with Crippen molar-refractivity contribution in [2.45, 2.75) is 73.8 Å². The van der Waals surface area contributed by atoms with Crippen LogP contribution in [0.4, 0.5) is 11.4 Å². The van der Waals surface area contributed by atoms with Crippen LogP contribution in [-0.2, 0) is 18.5 Å². The first-order valence-electron chi connectivity index (χ1n) is 25.1. The third kappa shape index (κ3) is 6.73. The Labute approximate surface area is 383 Å². The van der Waals surface area contributed by atoms with Crippen molar-refractivity contribution in [1.82, 2.24) is 14.1 Å². The van der Waals surface area contributed by atoms with Gasteiger partial charge in [0, 0.05) is 48.3 Å². The highest BCUT2D eigenvalue weighted by Gasteiger charge is 2.27. The van der Waals surface area contributed by atoms with Gasteiger partial charge in [0.2, 0.25) is 0 Å². The number of hydrogen-bond acceptors (Lipinski definition) is 3. The summed E-state index contributed by atoms with van der Waals surface area (Å²) < 4.78 is 64.9. The van der Waals surface area contributed by atoms with Crippen molar-refractivity contribution in [2.75, 3.05) is 4.90 Å². The fourth-order valence-corrected chi connectivity index (χ4v) is 9.66. The van der Waals surface area contributed by atoms with Gasteiger partial charge in [-0.05, 0) is 118 Å². The number of pyridine rings is 1. The van der Waals surface area contributed by atoms with Crippen molar-refractivity contribution in [3.63, 3.8) is 0 Å². The fraction of sp³-hybridized carbons (Fsp3) is 0.203. The summed E-state index contributed by atoms with van der Waals surface area (Å²) in [4.78, 5) is 7.09. The Morgan fingerprint density at radius 2 is 1.34 bits per heavy atom. The Morgan fingerprint density at radius 1 is 0.625 bits per heavy atom. The highest BCUT2D eigenvalue weighted by Crippen LogP contribution is 2.45. The van der Waals surface area contributed by atoms with Crippen molar-refractivity contribution < 1.29 is 13.0 Å². The molecule has 0 saturated carbocycles. The number of anilines is 2. The van der Waals surface area contributed by atoms with E-state index in [-0.39, 0.29) is 35.1 Å². The van der Waals surface area contributed by atoms with E-state index in [1.165, 1.54) is 43.6 Å². The molecule has 4 heterocycles. The zero-order valence-electron chi connectivity index (χ0n) is 43.6. The monoisotopic (exact) mass is 840 g/mol. The first-order valence-corrected chi connectivity index (χ1v) is 22.1. The summed E-state index contributed by atoms with van der Waals surface area (Å²) in [6.45, 7) is 17.1. The maximum atomic E-state index is 9.15. The molecule has 5 nitrogen and oxygen atoms in total. The van der Waals surface area contributed by atoms with Crippen molar-refractivity contribution in [2.24, 2.45) is 5.41 Å². The standard InChI is InChI=1S/C59H54N4O/c1-37-23-25-46-44-16-9-10-17-45(44)49-20-14-22-53-57(49)62(56-38(2)15-13-19-50(56)51(46)29-37)36-61(53)41-31-40(59(6,7)8)32-43(33-41)64-42-24-26-48-47-18-11-12-21-52(47)63(54(48)34-42)55-30-39(27-28-60-55)35-58(3,4)5/h9-34H,35-36H2,1-8H3/i11D,12D,18D,21D,35D2. The molecule has 0 saturated heterocycles. The lowest BCUT2D eigenvalue weighted by Crippen LogP contribution is -2.17. The molecule has 3 aromatic heterocycles. The third-order valence-corrected chi connectivity index (χ3v) is 12.5. The third-order valence-electron chi connectivity index (χ3n) is 12.5. The molecule has 64 heavy (non-hydrogen) atoms. The summed E-state index contributed by atoms with van der Waals surface area (Å²) in [6, 6.07) is 43.1. The maximum absolute atomic E-state index is 9.15. The summed E-state index contributed by atoms with van der Waals surface area (Å²) in [5.41, 5.74) is 8.03. The minimum absolute atomic E-state index is 0.160. The van der Waals surface area contributed by atoms with Gasteiger partial charge in [-0.1, -0.05) is 138 Å². The van der Waals surface area contributed by atoms with Crippen LogP contribution in [0.25, 0.3) is 71.0 Å². The molecule has 0 spiro atoms. The van der Waals surface area contributed by atoms with Gasteiger partial charge in [-0.25, -0.2) is 4.98 Å². The quantitative estimate of drug-likeness (QED) is 0.173. The Bertz CT molecular complexity index is 3930. The van der Waals surface area contributed by atoms with E-state index >= 15 is 0 Å². The number of aromatic nitrogens is 3. The molecule has 0 N–H and O–H groups in total. The average molecular weight is 841 g/mol. The number of benzene rings is 7.